The highest BCUT2D eigenvalue weighted by molar-refractivity contribution is 7.54. The number of hydrogen-bond donors (Lipinski definition) is 5. The third kappa shape index (κ3) is 9.83. The Morgan fingerprint density at radius 1 is 1.02 bits per heavy atom. The zero-order valence-electron chi connectivity index (χ0n) is 29.4. The van der Waals surface area contributed by atoms with Crippen molar-refractivity contribution < 1.29 is 47.8 Å². The Balaban J connectivity index is 1.96. The van der Waals surface area contributed by atoms with Crippen molar-refractivity contribution in [1.29, 1.82) is 0 Å². The lowest BCUT2D eigenvalue weighted by atomic mass is 9.96. The molecule has 6 N–H and O–H groups in total. The Morgan fingerprint density at radius 3 is 2.00 bits per heavy atom. The van der Waals surface area contributed by atoms with Crippen molar-refractivity contribution in [3.8, 4) is 5.88 Å². The highest BCUT2D eigenvalue weighted by atomic mass is 31.2. The van der Waals surface area contributed by atoms with E-state index in [9.17, 15) is 24.4 Å². The van der Waals surface area contributed by atoms with Gasteiger partial charge >= 0.3 is 19.6 Å². The number of nitrogen functional groups attached to an aromatic ring is 1. The number of esters is 2. The van der Waals surface area contributed by atoms with Crippen LogP contribution >= 0.6 is 7.67 Å². The molecular weight excluding hydrogens is 649 g/mol. The normalized spacial score (nSPS) is 24.0. The minimum absolute atomic E-state index is 0.0228. The number of imidazole rings is 1. The van der Waals surface area contributed by atoms with Crippen molar-refractivity contribution in [2.75, 3.05) is 19.5 Å². The van der Waals surface area contributed by atoms with Gasteiger partial charge in [-0.1, -0.05) is 27.7 Å². The molecule has 2 aromatic rings. The molecule has 2 aromatic heterocycles. The first-order chi connectivity index (χ1) is 22.3. The maximum absolute atomic E-state index is 14.7. The van der Waals surface area contributed by atoms with E-state index in [1.54, 1.807) is 27.7 Å². The van der Waals surface area contributed by atoms with E-state index < -0.39 is 74.5 Å². The minimum atomic E-state index is -4.34. The number of carbonyl (C=O) groups is 2. The molecule has 0 bridgehead atoms. The lowest BCUT2D eigenvalue weighted by molar-refractivity contribution is -0.150. The Hall–Kier alpha value is -2.92. The fourth-order valence-corrected chi connectivity index (χ4v) is 7.10. The van der Waals surface area contributed by atoms with Gasteiger partial charge in [-0.2, -0.15) is 9.97 Å². The summed E-state index contributed by atoms with van der Waals surface area (Å²) in [7, 11) is -2.95. The van der Waals surface area contributed by atoms with Gasteiger partial charge in [-0.3, -0.25) is 18.7 Å². The SMILES string of the molecule is COc1nc(N)nc2c1ncn2C1O[C@H](COP(=O)(N[C@@H](CC(C)C)C(=O)OC(C)C)N[C@H](CC(C)C)C(=O)OC(C)C)[C@H](O)C1(C)O. The zero-order valence-corrected chi connectivity index (χ0v) is 30.3. The van der Waals surface area contributed by atoms with Crippen molar-refractivity contribution in [2.45, 2.75) is 123 Å². The summed E-state index contributed by atoms with van der Waals surface area (Å²) >= 11 is 0. The van der Waals surface area contributed by atoms with Crippen molar-refractivity contribution >= 4 is 36.7 Å². The monoisotopic (exact) mass is 701 g/mol. The topological polar surface area (TPSA) is 231 Å². The van der Waals surface area contributed by atoms with Gasteiger partial charge in [0.2, 0.25) is 11.8 Å². The molecule has 3 heterocycles. The molecular formula is C30H52N7O10P. The van der Waals surface area contributed by atoms with Gasteiger partial charge in [0, 0.05) is 0 Å². The number of aliphatic hydroxyl groups is 2. The number of hydrogen-bond acceptors (Lipinski definition) is 14. The third-order valence-electron chi connectivity index (χ3n) is 7.37. The second kappa shape index (κ2) is 16.2. The maximum atomic E-state index is 14.7. The van der Waals surface area contributed by atoms with E-state index in [0.29, 0.717) is 0 Å². The predicted molar refractivity (Wildman–Crippen MR) is 176 cm³/mol. The summed E-state index contributed by atoms with van der Waals surface area (Å²) in [5.41, 5.74) is 4.34. The van der Waals surface area contributed by atoms with Crippen LogP contribution in [0.3, 0.4) is 0 Å². The Morgan fingerprint density at radius 2 is 1.54 bits per heavy atom. The van der Waals surface area contributed by atoms with Gasteiger partial charge in [-0.25, -0.2) is 15.2 Å². The molecule has 1 aliphatic rings. The van der Waals surface area contributed by atoms with Crippen molar-refractivity contribution in [3.63, 3.8) is 0 Å². The highest BCUT2D eigenvalue weighted by Gasteiger charge is 2.54. The second-order valence-electron chi connectivity index (χ2n) is 13.6. The van der Waals surface area contributed by atoms with Crippen LogP contribution in [-0.4, -0.2) is 97.5 Å². The molecule has 0 aliphatic carbocycles. The van der Waals surface area contributed by atoms with Crippen LogP contribution in [0, 0.1) is 11.8 Å². The van der Waals surface area contributed by atoms with Crippen LogP contribution in [0.5, 0.6) is 5.88 Å². The predicted octanol–water partition coefficient (Wildman–Crippen LogP) is 2.46. The van der Waals surface area contributed by atoms with E-state index in [4.69, 9.17) is 29.2 Å². The first-order valence-electron chi connectivity index (χ1n) is 16.1. The summed E-state index contributed by atoms with van der Waals surface area (Å²) in [4.78, 5) is 38.8. The molecule has 272 valence electrons. The van der Waals surface area contributed by atoms with E-state index in [1.165, 1.54) is 24.9 Å². The molecule has 18 heteroatoms. The number of nitrogens with one attached hydrogen (secondary N) is 2. The van der Waals surface area contributed by atoms with Gasteiger partial charge in [0.15, 0.2) is 17.4 Å². The van der Waals surface area contributed by atoms with Crippen molar-refractivity contribution in [3.05, 3.63) is 6.33 Å². The minimum Gasteiger partial charge on any atom is -0.479 e. The van der Waals surface area contributed by atoms with E-state index in [2.05, 4.69) is 25.1 Å². The first kappa shape index (κ1) is 39.5. The molecule has 3 rings (SSSR count). The number of carbonyl (C=O) groups excluding carboxylic acids is 2. The van der Waals surface area contributed by atoms with Gasteiger partial charge in [0.1, 0.15) is 29.9 Å². The highest BCUT2D eigenvalue weighted by Crippen LogP contribution is 2.45. The van der Waals surface area contributed by atoms with Crippen molar-refractivity contribution in [1.82, 2.24) is 29.7 Å². The summed E-state index contributed by atoms with van der Waals surface area (Å²) in [5, 5.41) is 28.3. The Bertz CT molecular complexity index is 1410. The number of anilines is 1. The first-order valence-corrected chi connectivity index (χ1v) is 17.7. The van der Waals surface area contributed by atoms with Crippen LogP contribution in [0.25, 0.3) is 11.2 Å². The standard InChI is InChI=1S/C30H52N7O10P/c1-15(2)11-19(26(39)45-17(5)6)35-48(42,36-20(12-16(3)4)27(40)46-18(7)8)44-13-21-23(38)30(9,41)28(47-21)37-14-32-22-24(37)33-29(31)34-25(22)43-10/h14-21,23,28,38,41H,11-13H2,1-10H3,(H2,31,33,34)(H2,35,36,42)/t19-,20+,21-,23+,28?,30?,48?/m1/s1. The molecule has 1 aliphatic heterocycles. The summed E-state index contributed by atoms with van der Waals surface area (Å²) in [6.07, 6.45) is -3.17. The summed E-state index contributed by atoms with van der Waals surface area (Å²) < 4.78 is 44.2. The molecule has 0 saturated carbocycles. The average Bonchev–Trinajstić information content (AvgIpc) is 3.46. The third-order valence-corrected chi connectivity index (χ3v) is 9.18. The number of nitrogens with two attached hydrogens (primary N) is 1. The Kier molecular flexibility index (Phi) is 13.3. The molecule has 1 fully saturated rings. The van der Waals surface area contributed by atoms with Gasteiger partial charge in [0.25, 0.3) is 0 Å². The maximum Gasteiger partial charge on any atom is 0.342 e. The fourth-order valence-electron chi connectivity index (χ4n) is 5.27. The van der Waals surface area contributed by atoms with Gasteiger partial charge < -0.3 is 39.4 Å². The average molecular weight is 702 g/mol. The van der Waals surface area contributed by atoms with Crippen LogP contribution in [0.1, 0.15) is 81.4 Å². The molecule has 17 nitrogen and oxygen atoms in total. The number of methoxy groups -OCH3 is 1. The number of nitrogens with zero attached hydrogens (tertiary/aromatic N) is 4. The molecule has 0 aromatic carbocycles. The smallest absolute Gasteiger partial charge is 0.342 e. The van der Waals surface area contributed by atoms with Gasteiger partial charge in [-0.15, -0.1) is 0 Å². The lowest BCUT2D eigenvalue weighted by Crippen LogP contribution is -2.47. The van der Waals surface area contributed by atoms with Gasteiger partial charge in [-0.05, 0) is 59.3 Å². The molecule has 1 saturated heterocycles. The van der Waals surface area contributed by atoms with Crippen molar-refractivity contribution in [2.24, 2.45) is 11.8 Å². The van der Waals surface area contributed by atoms with Crippen LogP contribution in [-0.2, 0) is 32.9 Å². The number of fused-ring (bicyclic) bond motifs is 1. The Labute approximate surface area is 281 Å². The molecule has 3 unspecified atom stereocenters. The van der Waals surface area contributed by atoms with E-state index in [-0.39, 0.29) is 47.7 Å². The fraction of sp³-hybridized carbons (Fsp3) is 0.767. The molecule has 0 spiro atoms. The number of aliphatic hydroxyl groups excluding tert-OH is 1. The van der Waals surface area contributed by atoms with E-state index in [1.807, 2.05) is 27.7 Å². The largest absolute Gasteiger partial charge is 0.479 e. The van der Waals surface area contributed by atoms with Crippen LogP contribution < -0.4 is 20.6 Å². The quantitative estimate of drug-likeness (QED) is 0.118. The van der Waals surface area contributed by atoms with E-state index in [0.717, 1.165) is 0 Å². The van der Waals surface area contributed by atoms with Crippen LogP contribution in [0.15, 0.2) is 6.33 Å². The molecule has 48 heavy (non-hydrogen) atoms. The number of ether oxygens (including phenoxy) is 4. The second-order valence-corrected chi connectivity index (χ2v) is 15.4. The van der Waals surface area contributed by atoms with Crippen LogP contribution in [0.2, 0.25) is 0 Å². The molecule has 7 atom stereocenters. The van der Waals surface area contributed by atoms with E-state index >= 15 is 0 Å². The molecule has 0 amide bonds. The zero-order chi connectivity index (χ0) is 36.1. The summed E-state index contributed by atoms with van der Waals surface area (Å²) in [6.45, 7) is 15.1. The number of rotatable bonds is 17. The molecule has 0 radical (unpaired) electrons. The van der Waals surface area contributed by atoms with Gasteiger partial charge in [0.05, 0.1) is 32.3 Å². The van der Waals surface area contributed by atoms with Crippen LogP contribution in [0.4, 0.5) is 5.95 Å². The summed E-state index contributed by atoms with van der Waals surface area (Å²) in [6, 6.07) is -2.18. The number of aromatic nitrogens is 4. The lowest BCUT2D eigenvalue weighted by Gasteiger charge is -2.31. The summed E-state index contributed by atoms with van der Waals surface area (Å²) in [5.74, 6) is -1.37.